The third-order valence-electron chi connectivity index (χ3n) is 3.20. The molecule has 92 valence electrons. The Hall–Kier alpha value is -1.000. The fraction of sp³-hybridized carbons (Fsp3) is 0.143. The van der Waals surface area contributed by atoms with Crippen LogP contribution in [0.2, 0.25) is 0 Å². The van der Waals surface area contributed by atoms with E-state index >= 15 is 0 Å². The van der Waals surface area contributed by atoms with Gasteiger partial charge in [-0.1, -0.05) is 22.0 Å². The summed E-state index contributed by atoms with van der Waals surface area (Å²) in [5.41, 5.74) is 10.6. The Balaban J connectivity index is 1.96. The quantitative estimate of drug-likeness (QED) is 0.760. The molecule has 0 unspecified atom stereocenters. The van der Waals surface area contributed by atoms with Gasteiger partial charge in [0.05, 0.1) is 5.69 Å². The molecule has 2 N–H and O–H groups in total. The van der Waals surface area contributed by atoms with Gasteiger partial charge in [0.2, 0.25) is 0 Å². The van der Waals surface area contributed by atoms with Crippen LogP contribution in [0.5, 0.6) is 0 Å². The average molecular weight is 368 g/mol. The van der Waals surface area contributed by atoms with Gasteiger partial charge in [-0.2, -0.15) is 0 Å². The first kappa shape index (κ1) is 12.1. The van der Waals surface area contributed by atoms with Gasteiger partial charge in [0.1, 0.15) is 0 Å². The van der Waals surface area contributed by atoms with Crippen LogP contribution in [0.15, 0.2) is 45.3 Å². The minimum atomic E-state index is 0.837. The molecule has 2 aromatic rings. The van der Waals surface area contributed by atoms with Crippen LogP contribution >= 0.6 is 31.9 Å². The molecule has 1 aliphatic rings. The lowest BCUT2D eigenvalue weighted by Gasteiger charge is -2.19. The summed E-state index contributed by atoms with van der Waals surface area (Å²) in [6.45, 7) is 1.85. The highest BCUT2D eigenvalue weighted by Gasteiger charge is 2.20. The van der Waals surface area contributed by atoms with E-state index in [0.717, 1.165) is 27.7 Å². The molecule has 3 rings (SSSR count). The maximum Gasteiger partial charge on any atom is 0.0528 e. The van der Waals surface area contributed by atoms with Crippen molar-refractivity contribution in [3.8, 4) is 0 Å². The van der Waals surface area contributed by atoms with Crippen molar-refractivity contribution in [1.82, 2.24) is 0 Å². The van der Waals surface area contributed by atoms with Gasteiger partial charge in [-0.25, -0.2) is 0 Å². The highest BCUT2D eigenvalue weighted by atomic mass is 79.9. The van der Waals surface area contributed by atoms with Crippen molar-refractivity contribution in [2.45, 2.75) is 13.1 Å². The van der Waals surface area contributed by atoms with Gasteiger partial charge >= 0.3 is 0 Å². The zero-order chi connectivity index (χ0) is 12.7. The minimum Gasteiger partial charge on any atom is -0.399 e. The number of fused-ring (bicyclic) bond motifs is 1. The molecule has 4 heteroatoms. The van der Waals surface area contributed by atoms with E-state index < -0.39 is 0 Å². The van der Waals surface area contributed by atoms with E-state index in [9.17, 15) is 0 Å². The molecule has 0 saturated heterocycles. The van der Waals surface area contributed by atoms with Crippen LogP contribution in [0, 0.1) is 0 Å². The van der Waals surface area contributed by atoms with Crippen LogP contribution in [0.4, 0.5) is 11.4 Å². The van der Waals surface area contributed by atoms with E-state index in [2.05, 4.69) is 61.0 Å². The first-order valence-electron chi connectivity index (χ1n) is 5.71. The molecule has 0 radical (unpaired) electrons. The number of benzene rings is 2. The Morgan fingerprint density at radius 2 is 1.72 bits per heavy atom. The molecule has 0 saturated carbocycles. The van der Waals surface area contributed by atoms with Crippen molar-refractivity contribution in [2.24, 2.45) is 0 Å². The Morgan fingerprint density at radius 1 is 0.944 bits per heavy atom. The Bertz CT molecular complexity index is 611. The molecule has 0 aromatic heterocycles. The van der Waals surface area contributed by atoms with E-state index in [4.69, 9.17) is 5.73 Å². The molecule has 0 bridgehead atoms. The fourth-order valence-electron chi connectivity index (χ4n) is 2.31. The van der Waals surface area contributed by atoms with E-state index in [1.807, 2.05) is 12.1 Å². The normalized spacial score (nSPS) is 13.8. The van der Waals surface area contributed by atoms with Gasteiger partial charge in [0, 0.05) is 27.7 Å². The van der Waals surface area contributed by atoms with Gasteiger partial charge in [0.15, 0.2) is 0 Å². The second-order valence-corrected chi connectivity index (χ2v) is 6.25. The highest BCUT2D eigenvalue weighted by molar-refractivity contribution is 9.11. The van der Waals surface area contributed by atoms with Gasteiger partial charge in [-0.05, 0) is 57.4 Å². The van der Waals surface area contributed by atoms with Crippen molar-refractivity contribution in [2.75, 3.05) is 10.6 Å². The minimum absolute atomic E-state index is 0.837. The van der Waals surface area contributed by atoms with Gasteiger partial charge in [-0.3, -0.25) is 0 Å². The molecule has 2 aromatic carbocycles. The Morgan fingerprint density at radius 3 is 2.56 bits per heavy atom. The Labute approximate surface area is 123 Å². The number of anilines is 2. The van der Waals surface area contributed by atoms with Crippen LogP contribution in [-0.4, -0.2) is 0 Å². The van der Waals surface area contributed by atoms with Crippen molar-refractivity contribution in [3.05, 3.63) is 56.5 Å². The molecule has 0 aliphatic carbocycles. The summed E-state index contributed by atoms with van der Waals surface area (Å²) in [4.78, 5) is 2.35. The predicted octanol–water partition coefficient (Wildman–Crippen LogP) is 4.31. The summed E-state index contributed by atoms with van der Waals surface area (Å²) >= 11 is 7.14. The topological polar surface area (TPSA) is 29.3 Å². The largest absolute Gasteiger partial charge is 0.399 e. The van der Waals surface area contributed by atoms with E-state index in [1.165, 1.54) is 16.8 Å². The average Bonchev–Trinajstić information content (AvgIpc) is 2.74. The molecule has 1 heterocycles. The van der Waals surface area contributed by atoms with Crippen LogP contribution < -0.4 is 10.6 Å². The first-order valence-corrected chi connectivity index (χ1v) is 7.29. The van der Waals surface area contributed by atoms with E-state index in [1.54, 1.807) is 0 Å². The second-order valence-electron chi connectivity index (χ2n) is 4.48. The number of hydrogen-bond donors (Lipinski definition) is 1. The lowest BCUT2D eigenvalue weighted by Crippen LogP contribution is -2.14. The summed E-state index contributed by atoms with van der Waals surface area (Å²) in [7, 11) is 0. The number of halogens is 2. The SMILES string of the molecule is Nc1ccc2c(c1)CN(c1cc(Br)ccc1Br)C2. The first-order chi connectivity index (χ1) is 8.63. The van der Waals surface area contributed by atoms with E-state index in [0.29, 0.717) is 0 Å². The summed E-state index contributed by atoms with van der Waals surface area (Å²) in [5.74, 6) is 0. The highest BCUT2D eigenvalue weighted by Crippen LogP contribution is 2.35. The van der Waals surface area contributed by atoms with Crippen molar-refractivity contribution in [1.29, 1.82) is 0 Å². The molecular weight excluding hydrogens is 356 g/mol. The fourth-order valence-corrected chi connectivity index (χ4v) is 3.16. The maximum atomic E-state index is 5.83. The molecular formula is C14H12Br2N2. The van der Waals surface area contributed by atoms with Crippen molar-refractivity contribution < 1.29 is 0 Å². The smallest absolute Gasteiger partial charge is 0.0528 e. The zero-order valence-corrected chi connectivity index (χ0v) is 12.8. The van der Waals surface area contributed by atoms with Gasteiger partial charge in [-0.15, -0.1) is 0 Å². The lowest BCUT2D eigenvalue weighted by atomic mass is 10.1. The number of nitrogen functional groups attached to an aromatic ring is 1. The maximum absolute atomic E-state index is 5.83. The number of nitrogens with zero attached hydrogens (tertiary/aromatic N) is 1. The Kier molecular flexibility index (Phi) is 3.08. The van der Waals surface area contributed by atoms with Crippen LogP contribution in [-0.2, 0) is 13.1 Å². The number of nitrogens with two attached hydrogens (primary N) is 1. The number of hydrogen-bond acceptors (Lipinski definition) is 2. The molecule has 0 fully saturated rings. The summed E-state index contributed by atoms with van der Waals surface area (Å²) in [6.07, 6.45) is 0. The molecule has 0 atom stereocenters. The van der Waals surface area contributed by atoms with Crippen LogP contribution in [0.25, 0.3) is 0 Å². The third-order valence-corrected chi connectivity index (χ3v) is 4.37. The lowest BCUT2D eigenvalue weighted by molar-refractivity contribution is 0.877. The predicted molar refractivity (Wildman–Crippen MR) is 82.6 cm³/mol. The molecule has 2 nitrogen and oxygen atoms in total. The van der Waals surface area contributed by atoms with E-state index in [-0.39, 0.29) is 0 Å². The zero-order valence-electron chi connectivity index (χ0n) is 9.66. The monoisotopic (exact) mass is 366 g/mol. The summed E-state index contributed by atoms with van der Waals surface area (Å²) in [5, 5.41) is 0. The van der Waals surface area contributed by atoms with Gasteiger partial charge < -0.3 is 10.6 Å². The molecule has 18 heavy (non-hydrogen) atoms. The van der Waals surface area contributed by atoms with Crippen molar-refractivity contribution >= 4 is 43.2 Å². The second kappa shape index (κ2) is 4.59. The summed E-state index contributed by atoms with van der Waals surface area (Å²) in [6, 6.07) is 12.4. The van der Waals surface area contributed by atoms with Crippen molar-refractivity contribution in [3.63, 3.8) is 0 Å². The van der Waals surface area contributed by atoms with Gasteiger partial charge in [0.25, 0.3) is 0 Å². The van der Waals surface area contributed by atoms with Crippen LogP contribution in [0.1, 0.15) is 11.1 Å². The third kappa shape index (κ3) is 2.15. The standard InChI is InChI=1S/C14H12Br2N2/c15-11-2-4-13(16)14(6-11)18-7-9-1-3-12(17)5-10(9)8-18/h1-6H,7-8,17H2. The number of rotatable bonds is 1. The molecule has 0 amide bonds. The van der Waals surface area contributed by atoms with Crippen LogP contribution in [0.3, 0.4) is 0 Å². The molecule has 1 aliphatic heterocycles. The molecule has 0 spiro atoms. The summed E-state index contributed by atoms with van der Waals surface area (Å²) < 4.78 is 2.21.